The molecule has 0 aliphatic rings. The van der Waals surface area contributed by atoms with E-state index in [9.17, 15) is 0 Å². The molecule has 3 heteroatoms. The molecule has 2 heterocycles. The Hall–Kier alpha value is -1.61. The quantitative estimate of drug-likeness (QED) is 0.662. The van der Waals surface area contributed by atoms with E-state index < -0.39 is 0 Å². The summed E-state index contributed by atoms with van der Waals surface area (Å²) in [5.41, 5.74) is 1.73. The summed E-state index contributed by atoms with van der Waals surface area (Å²) in [6.45, 7) is 0. The molecule has 0 spiro atoms. The van der Waals surface area contributed by atoms with Gasteiger partial charge in [0.25, 0.3) is 0 Å². The predicted octanol–water partition coefficient (Wildman–Crippen LogP) is 4.26. The maximum Gasteiger partial charge on any atom is 0.153 e. The Morgan fingerprint density at radius 2 is 2.00 bits per heavy atom. The summed E-state index contributed by atoms with van der Waals surface area (Å²) in [6, 6.07) is 13.7. The zero-order chi connectivity index (χ0) is 11.0. The van der Waals surface area contributed by atoms with E-state index >= 15 is 0 Å². The minimum atomic E-state index is 0.800. The number of fused-ring (bicyclic) bond motifs is 1. The van der Waals surface area contributed by atoms with Crippen LogP contribution in [-0.4, -0.2) is 4.98 Å². The summed E-state index contributed by atoms with van der Waals surface area (Å²) in [6.07, 6.45) is 1.76. The molecule has 0 radical (unpaired) electrons. The number of hydrogen-bond donors (Lipinski definition) is 0. The van der Waals surface area contributed by atoms with Crippen LogP contribution in [0.25, 0.3) is 22.4 Å². The standard InChI is InChI=1S/C13H8BrNO/c14-10-4-5-12-9(7-10)8-13(16-12)11-3-1-2-6-15-11/h1-8H. The molecular weight excluding hydrogens is 266 g/mol. The van der Waals surface area contributed by atoms with Crippen molar-refractivity contribution in [3.8, 4) is 11.5 Å². The fourth-order valence-electron chi connectivity index (χ4n) is 1.65. The van der Waals surface area contributed by atoms with Crippen LogP contribution in [0.4, 0.5) is 0 Å². The first-order chi connectivity index (χ1) is 7.83. The van der Waals surface area contributed by atoms with Crippen LogP contribution in [0.15, 0.2) is 57.6 Å². The fourth-order valence-corrected chi connectivity index (χ4v) is 2.03. The zero-order valence-corrected chi connectivity index (χ0v) is 9.94. The largest absolute Gasteiger partial charge is 0.454 e. The second-order valence-corrected chi connectivity index (χ2v) is 4.42. The molecule has 0 bridgehead atoms. The first kappa shape index (κ1) is 9.60. The minimum Gasteiger partial charge on any atom is -0.454 e. The molecule has 78 valence electrons. The van der Waals surface area contributed by atoms with Gasteiger partial charge in [-0.25, -0.2) is 0 Å². The van der Waals surface area contributed by atoms with Crippen molar-refractivity contribution in [3.05, 3.63) is 53.1 Å². The van der Waals surface area contributed by atoms with Gasteiger partial charge < -0.3 is 4.42 Å². The van der Waals surface area contributed by atoms with E-state index in [1.54, 1.807) is 6.20 Å². The summed E-state index contributed by atoms with van der Waals surface area (Å²) >= 11 is 3.44. The van der Waals surface area contributed by atoms with Gasteiger partial charge in [0.2, 0.25) is 0 Å². The smallest absolute Gasteiger partial charge is 0.153 e. The van der Waals surface area contributed by atoms with E-state index in [4.69, 9.17) is 4.42 Å². The maximum absolute atomic E-state index is 5.73. The third-order valence-electron chi connectivity index (χ3n) is 2.40. The molecule has 0 aliphatic carbocycles. The monoisotopic (exact) mass is 273 g/mol. The third-order valence-corrected chi connectivity index (χ3v) is 2.89. The van der Waals surface area contributed by atoms with Crippen molar-refractivity contribution in [1.29, 1.82) is 0 Å². The summed E-state index contributed by atoms with van der Waals surface area (Å²) in [5.74, 6) is 0.800. The average Bonchev–Trinajstić information content (AvgIpc) is 2.73. The number of benzene rings is 1. The van der Waals surface area contributed by atoms with E-state index in [1.807, 2.05) is 42.5 Å². The van der Waals surface area contributed by atoms with Crippen LogP contribution in [0.3, 0.4) is 0 Å². The van der Waals surface area contributed by atoms with Crippen molar-refractivity contribution in [2.24, 2.45) is 0 Å². The molecule has 0 unspecified atom stereocenters. The highest BCUT2D eigenvalue weighted by Gasteiger charge is 2.06. The number of hydrogen-bond acceptors (Lipinski definition) is 2. The highest BCUT2D eigenvalue weighted by atomic mass is 79.9. The van der Waals surface area contributed by atoms with Crippen LogP contribution in [0.2, 0.25) is 0 Å². The normalized spacial score (nSPS) is 10.8. The lowest BCUT2D eigenvalue weighted by Gasteiger charge is -1.92. The first-order valence-corrected chi connectivity index (χ1v) is 5.73. The molecule has 3 rings (SSSR count). The fraction of sp³-hybridized carbons (Fsp3) is 0. The Labute approximate surface area is 101 Å². The van der Waals surface area contributed by atoms with Crippen molar-refractivity contribution in [2.75, 3.05) is 0 Å². The Morgan fingerprint density at radius 3 is 2.81 bits per heavy atom. The van der Waals surface area contributed by atoms with E-state index in [-0.39, 0.29) is 0 Å². The Balaban J connectivity index is 2.19. The Kier molecular flexibility index (Phi) is 2.26. The number of nitrogens with zero attached hydrogens (tertiary/aromatic N) is 1. The van der Waals surface area contributed by atoms with Crippen LogP contribution in [0.1, 0.15) is 0 Å². The molecule has 2 nitrogen and oxygen atoms in total. The molecule has 16 heavy (non-hydrogen) atoms. The van der Waals surface area contributed by atoms with Crippen LogP contribution in [0, 0.1) is 0 Å². The van der Waals surface area contributed by atoms with Gasteiger partial charge >= 0.3 is 0 Å². The van der Waals surface area contributed by atoms with E-state index in [0.717, 1.165) is 26.9 Å². The van der Waals surface area contributed by atoms with E-state index in [2.05, 4.69) is 20.9 Å². The van der Waals surface area contributed by atoms with Gasteiger partial charge in [-0.15, -0.1) is 0 Å². The third kappa shape index (κ3) is 1.63. The highest BCUT2D eigenvalue weighted by Crippen LogP contribution is 2.28. The lowest BCUT2D eigenvalue weighted by molar-refractivity contribution is 0.628. The molecule has 0 saturated carbocycles. The van der Waals surface area contributed by atoms with Crippen LogP contribution >= 0.6 is 15.9 Å². The molecule has 0 amide bonds. The number of rotatable bonds is 1. The maximum atomic E-state index is 5.73. The van der Waals surface area contributed by atoms with E-state index in [1.165, 1.54) is 0 Å². The van der Waals surface area contributed by atoms with Gasteiger partial charge in [-0.1, -0.05) is 22.0 Å². The Bertz CT molecular complexity index is 631. The second kappa shape index (κ2) is 3.76. The number of halogens is 1. The molecule has 0 N–H and O–H groups in total. The average molecular weight is 274 g/mol. The van der Waals surface area contributed by atoms with Gasteiger partial charge in [-0.2, -0.15) is 0 Å². The molecule has 0 fully saturated rings. The minimum absolute atomic E-state index is 0.800. The second-order valence-electron chi connectivity index (χ2n) is 3.51. The van der Waals surface area contributed by atoms with Crippen LogP contribution in [-0.2, 0) is 0 Å². The molecule has 1 aromatic carbocycles. The predicted molar refractivity (Wildman–Crippen MR) is 67.1 cm³/mol. The van der Waals surface area contributed by atoms with Gasteiger partial charge in [0.05, 0.1) is 0 Å². The molecular formula is C13H8BrNO. The molecule has 2 aromatic heterocycles. The summed E-state index contributed by atoms with van der Waals surface area (Å²) < 4.78 is 6.78. The van der Waals surface area contributed by atoms with Gasteiger partial charge in [0.15, 0.2) is 5.76 Å². The van der Waals surface area contributed by atoms with Crippen molar-refractivity contribution < 1.29 is 4.42 Å². The van der Waals surface area contributed by atoms with Crippen molar-refractivity contribution in [2.45, 2.75) is 0 Å². The topological polar surface area (TPSA) is 26.0 Å². The molecule has 3 aromatic rings. The molecule has 0 saturated heterocycles. The summed E-state index contributed by atoms with van der Waals surface area (Å²) in [7, 11) is 0. The first-order valence-electron chi connectivity index (χ1n) is 4.93. The van der Waals surface area contributed by atoms with E-state index in [0.29, 0.717) is 0 Å². The van der Waals surface area contributed by atoms with Crippen LogP contribution < -0.4 is 0 Å². The highest BCUT2D eigenvalue weighted by molar-refractivity contribution is 9.10. The Morgan fingerprint density at radius 1 is 1.06 bits per heavy atom. The van der Waals surface area contributed by atoms with Gasteiger partial charge in [-0.05, 0) is 36.4 Å². The number of furan rings is 1. The van der Waals surface area contributed by atoms with Crippen molar-refractivity contribution >= 4 is 26.9 Å². The SMILES string of the molecule is Brc1ccc2oc(-c3ccccn3)cc2c1. The van der Waals surface area contributed by atoms with Gasteiger partial charge in [0.1, 0.15) is 11.3 Å². The summed E-state index contributed by atoms with van der Waals surface area (Å²) in [4.78, 5) is 4.26. The summed E-state index contributed by atoms with van der Waals surface area (Å²) in [5, 5.41) is 1.08. The van der Waals surface area contributed by atoms with Crippen molar-refractivity contribution in [3.63, 3.8) is 0 Å². The van der Waals surface area contributed by atoms with Gasteiger partial charge in [0, 0.05) is 16.1 Å². The molecule has 0 aliphatic heterocycles. The lowest BCUT2D eigenvalue weighted by Crippen LogP contribution is -1.76. The van der Waals surface area contributed by atoms with Crippen molar-refractivity contribution in [1.82, 2.24) is 4.98 Å². The number of pyridine rings is 1. The molecule has 0 atom stereocenters. The number of aromatic nitrogens is 1. The lowest BCUT2D eigenvalue weighted by atomic mass is 10.2. The van der Waals surface area contributed by atoms with Crippen LogP contribution in [0.5, 0.6) is 0 Å². The zero-order valence-electron chi connectivity index (χ0n) is 8.35. The van der Waals surface area contributed by atoms with Gasteiger partial charge in [-0.3, -0.25) is 4.98 Å².